The van der Waals surface area contributed by atoms with Crippen LogP contribution in [0.1, 0.15) is 61.1 Å². The monoisotopic (exact) mass is 418 g/mol. The van der Waals surface area contributed by atoms with E-state index in [0.717, 1.165) is 29.7 Å². The third-order valence-corrected chi connectivity index (χ3v) is 5.38. The molecule has 0 saturated heterocycles. The van der Waals surface area contributed by atoms with Gasteiger partial charge in [0, 0.05) is 30.9 Å². The zero-order valence-electron chi connectivity index (χ0n) is 18.6. The average Bonchev–Trinajstić information content (AvgIpc) is 3.19. The van der Waals surface area contributed by atoms with Gasteiger partial charge in [0.2, 0.25) is 0 Å². The van der Waals surface area contributed by atoms with E-state index in [9.17, 15) is 5.26 Å². The van der Waals surface area contributed by atoms with Crippen LogP contribution in [0, 0.1) is 11.3 Å². The van der Waals surface area contributed by atoms with Gasteiger partial charge in [-0.25, -0.2) is 4.99 Å². The predicted octanol–water partition coefficient (Wildman–Crippen LogP) is 3.80. The predicted molar refractivity (Wildman–Crippen MR) is 124 cm³/mol. The molecule has 6 nitrogen and oxygen atoms in total. The maximum absolute atomic E-state index is 9.52. The molecule has 162 valence electrons. The second-order valence-corrected chi connectivity index (χ2v) is 7.88. The summed E-state index contributed by atoms with van der Waals surface area (Å²) >= 11 is 0. The van der Waals surface area contributed by atoms with Crippen LogP contribution in [0.2, 0.25) is 0 Å². The SMILES string of the molecule is CN=C(N=C(C)c1ccc(OC(C)C)c(C#N)c1)c1cccc2c1CCC2NCCO. The molecule has 0 heterocycles. The molecule has 0 aliphatic heterocycles. The van der Waals surface area contributed by atoms with Crippen molar-refractivity contribution in [3.8, 4) is 11.8 Å². The Kier molecular flexibility index (Phi) is 7.56. The highest BCUT2D eigenvalue weighted by Crippen LogP contribution is 2.34. The van der Waals surface area contributed by atoms with E-state index in [-0.39, 0.29) is 18.8 Å². The fourth-order valence-corrected chi connectivity index (χ4v) is 3.97. The molecule has 0 spiro atoms. The van der Waals surface area contributed by atoms with E-state index in [4.69, 9.17) is 14.8 Å². The van der Waals surface area contributed by atoms with E-state index in [2.05, 4.69) is 28.5 Å². The van der Waals surface area contributed by atoms with E-state index >= 15 is 0 Å². The summed E-state index contributed by atoms with van der Waals surface area (Å²) in [5.74, 6) is 1.26. The van der Waals surface area contributed by atoms with Crippen LogP contribution < -0.4 is 10.1 Å². The lowest BCUT2D eigenvalue weighted by molar-refractivity contribution is 0.241. The van der Waals surface area contributed by atoms with Crippen LogP contribution in [0.5, 0.6) is 5.75 Å². The summed E-state index contributed by atoms with van der Waals surface area (Å²) in [6, 6.07) is 14.3. The Labute approximate surface area is 184 Å². The molecule has 0 saturated carbocycles. The van der Waals surface area contributed by atoms with Gasteiger partial charge >= 0.3 is 0 Å². The molecule has 31 heavy (non-hydrogen) atoms. The molecule has 0 radical (unpaired) electrons. The molecule has 6 heteroatoms. The highest BCUT2D eigenvalue weighted by atomic mass is 16.5. The van der Waals surface area contributed by atoms with Gasteiger partial charge in [-0.1, -0.05) is 18.2 Å². The second kappa shape index (κ2) is 10.3. The largest absolute Gasteiger partial charge is 0.490 e. The Balaban J connectivity index is 1.91. The first kappa shape index (κ1) is 22.7. The maximum Gasteiger partial charge on any atom is 0.154 e. The Morgan fingerprint density at radius 1 is 1.32 bits per heavy atom. The van der Waals surface area contributed by atoms with Crippen molar-refractivity contribution in [1.29, 1.82) is 5.26 Å². The lowest BCUT2D eigenvalue weighted by Crippen LogP contribution is -2.22. The molecule has 1 aliphatic rings. The van der Waals surface area contributed by atoms with Crippen molar-refractivity contribution in [1.82, 2.24) is 5.32 Å². The van der Waals surface area contributed by atoms with Gasteiger partial charge in [-0.05, 0) is 68.5 Å². The van der Waals surface area contributed by atoms with E-state index in [0.29, 0.717) is 23.7 Å². The molecule has 2 N–H and O–H groups in total. The molecule has 1 unspecified atom stereocenters. The molecule has 2 aromatic carbocycles. The van der Waals surface area contributed by atoms with Gasteiger partial charge in [0.05, 0.1) is 18.3 Å². The van der Waals surface area contributed by atoms with Crippen LogP contribution in [0.3, 0.4) is 0 Å². The van der Waals surface area contributed by atoms with Gasteiger partial charge in [-0.15, -0.1) is 0 Å². The lowest BCUT2D eigenvalue weighted by Gasteiger charge is -2.14. The maximum atomic E-state index is 9.52. The smallest absolute Gasteiger partial charge is 0.154 e. The standard InChI is InChI=1S/C25H30N4O2/c1-16(2)31-24-11-8-18(14-19(24)15-26)17(3)29-25(27-4)22-7-5-6-21-20(22)9-10-23(21)28-12-13-30/h5-8,11,14,16,23,28,30H,9-10,12-13H2,1-4H3. The number of aliphatic hydroxyl groups excluding tert-OH is 1. The van der Waals surface area contributed by atoms with Crippen molar-refractivity contribution in [2.45, 2.75) is 45.8 Å². The fraction of sp³-hybridized carbons (Fsp3) is 0.400. The number of rotatable bonds is 7. The summed E-state index contributed by atoms with van der Waals surface area (Å²) in [5, 5.41) is 22.1. The van der Waals surface area contributed by atoms with Crippen LogP contribution in [0.15, 0.2) is 46.4 Å². The number of benzene rings is 2. The lowest BCUT2D eigenvalue weighted by atomic mass is 10.0. The average molecular weight is 419 g/mol. The van der Waals surface area contributed by atoms with Gasteiger partial charge in [0.1, 0.15) is 11.8 Å². The fourth-order valence-electron chi connectivity index (χ4n) is 3.97. The van der Waals surface area contributed by atoms with Crippen LogP contribution in [0.4, 0.5) is 0 Å². The van der Waals surface area contributed by atoms with Crippen molar-refractivity contribution in [2.24, 2.45) is 9.98 Å². The van der Waals surface area contributed by atoms with Gasteiger partial charge in [0.15, 0.2) is 5.84 Å². The molecule has 0 amide bonds. The number of hydrogen-bond acceptors (Lipinski definition) is 5. The third-order valence-electron chi connectivity index (χ3n) is 5.38. The van der Waals surface area contributed by atoms with Crippen LogP contribution in [-0.4, -0.2) is 43.0 Å². The number of amidine groups is 1. The minimum absolute atomic E-state index is 0.00223. The Morgan fingerprint density at radius 3 is 2.81 bits per heavy atom. The second-order valence-electron chi connectivity index (χ2n) is 7.88. The van der Waals surface area contributed by atoms with Crippen LogP contribution in [-0.2, 0) is 6.42 Å². The van der Waals surface area contributed by atoms with E-state index < -0.39 is 0 Å². The molecule has 3 rings (SSSR count). The molecule has 0 fully saturated rings. The highest BCUT2D eigenvalue weighted by molar-refractivity contribution is 6.12. The molecule has 2 aromatic rings. The van der Waals surface area contributed by atoms with Crippen molar-refractivity contribution in [3.05, 3.63) is 64.2 Å². The summed E-state index contributed by atoms with van der Waals surface area (Å²) in [5.41, 5.74) is 5.69. The number of aliphatic hydroxyl groups is 1. The minimum atomic E-state index is 0.00223. The first-order chi connectivity index (χ1) is 15.0. The number of aliphatic imine (C=N–C) groups is 2. The van der Waals surface area contributed by atoms with Crippen molar-refractivity contribution >= 4 is 11.5 Å². The first-order valence-corrected chi connectivity index (χ1v) is 10.7. The number of nitrogens with one attached hydrogen (secondary N) is 1. The van der Waals surface area contributed by atoms with E-state index in [1.165, 1.54) is 11.1 Å². The molecule has 0 aromatic heterocycles. The highest BCUT2D eigenvalue weighted by Gasteiger charge is 2.25. The van der Waals surface area contributed by atoms with Crippen molar-refractivity contribution in [3.63, 3.8) is 0 Å². The number of nitriles is 1. The Morgan fingerprint density at radius 2 is 2.13 bits per heavy atom. The summed E-state index contributed by atoms with van der Waals surface area (Å²) in [7, 11) is 1.75. The topological polar surface area (TPSA) is 90.0 Å². The summed E-state index contributed by atoms with van der Waals surface area (Å²) in [4.78, 5) is 9.29. The Bertz CT molecular complexity index is 1030. The molecule has 1 aliphatic carbocycles. The van der Waals surface area contributed by atoms with Crippen LogP contribution >= 0.6 is 0 Å². The quantitative estimate of drug-likeness (QED) is 0.529. The van der Waals surface area contributed by atoms with Crippen molar-refractivity contribution < 1.29 is 9.84 Å². The van der Waals surface area contributed by atoms with Crippen molar-refractivity contribution in [2.75, 3.05) is 20.2 Å². The molecular weight excluding hydrogens is 388 g/mol. The van der Waals surface area contributed by atoms with Gasteiger partial charge < -0.3 is 15.2 Å². The summed E-state index contributed by atoms with van der Waals surface area (Å²) < 4.78 is 5.72. The van der Waals surface area contributed by atoms with E-state index in [1.54, 1.807) is 7.05 Å². The number of nitrogens with zero attached hydrogens (tertiary/aromatic N) is 3. The normalized spacial score (nSPS) is 16.4. The van der Waals surface area contributed by atoms with Crippen LogP contribution in [0.25, 0.3) is 0 Å². The minimum Gasteiger partial charge on any atom is -0.490 e. The molecule has 1 atom stereocenters. The zero-order chi connectivity index (χ0) is 22.4. The number of hydrogen-bond donors (Lipinski definition) is 2. The van der Waals surface area contributed by atoms with Gasteiger partial charge in [-0.2, -0.15) is 5.26 Å². The molecule has 0 bridgehead atoms. The number of ether oxygens (including phenoxy) is 1. The molecular formula is C25H30N4O2. The number of fused-ring (bicyclic) bond motifs is 1. The summed E-state index contributed by atoms with van der Waals surface area (Å²) in [6.45, 7) is 6.52. The third kappa shape index (κ3) is 5.19. The van der Waals surface area contributed by atoms with E-state index in [1.807, 2.05) is 45.0 Å². The summed E-state index contributed by atoms with van der Waals surface area (Å²) in [6.07, 6.45) is 1.94. The Hall–Kier alpha value is -3.01. The zero-order valence-corrected chi connectivity index (χ0v) is 18.6. The van der Waals surface area contributed by atoms with Gasteiger partial charge in [-0.3, -0.25) is 4.99 Å². The first-order valence-electron chi connectivity index (χ1n) is 10.7. The van der Waals surface area contributed by atoms with Gasteiger partial charge in [0.25, 0.3) is 0 Å².